The van der Waals surface area contributed by atoms with E-state index in [0.29, 0.717) is 13.0 Å². The van der Waals surface area contributed by atoms with Crippen molar-refractivity contribution in [3.63, 3.8) is 0 Å². The lowest BCUT2D eigenvalue weighted by Gasteiger charge is -2.10. The molecular weight excluding hydrogens is 228 g/mol. The van der Waals surface area contributed by atoms with Gasteiger partial charge >= 0.3 is 5.97 Å². The number of carbonyl (C=O) groups excluding carboxylic acids is 1. The van der Waals surface area contributed by atoms with Crippen LogP contribution in [0.4, 0.5) is 0 Å². The number of nitrogens with two attached hydrogens (primary N) is 1. The fourth-order valence-corrected chi connectivity index (χ4v) is 1.85. The number of carbonyl (C=O) groups is 1. The molecule has 1 atom stereocenters. The topological polar surface area (TPSA) is 65.2 Å². The lowest BCUT2D eigenvalue weighted by Crippen LogP contribution is -2.34. The molecule has 0 saturated heterocycles. The van der Waals surface area contributed by atoms with E-state index in [1.807, 2.05) is 30.5 Å². The van der Waals surface area contributed by atoms with Gasteiger partial charge in [-0.1, -0.05) is 18.2 Å². The van der Waals surface area contributed by atoms with Crippen LogP contribution in [0.2, 0.25) is 0 Å². The molecule has 2 rings (SSSR count). The van der Waals surface area contributed by atoms with Gasteiger partial charge in [0.1, 0.15) is 6.04 Å². The molecule has 1 aromatic heterocycles. The summed E-state index contributed by atoms with van der Waals surface area (Å²) in [7, 11) is 0. The van der Waals surface area contributed by atoms with Gasteiger partial charge in [-0.15, -0.1) is 0 Å². The van der Waals surface area contributed by atoms with Gasteiger partial charge in [-0.3, -0.25) is 9.78 Å². The third-order valence-corrected chi connectivity index (χ3v) is 2.75. The number of ether oxygens (including phenoxy) is 1. The zero-order valence-corrected chi connectivity index (χ0v) is 10.3. The van der Waals surface area contributed by atoms with Crippen molar-refractivity contribution in [3.8, 4) is 0 Å². The molecule has 0 aliphatic rings. The van der Waals surface area contributed by atoms with Crippen LogP contribution in [0.3, 0.4) is 0 Å². The maximum absolute atomic E-state index is 11.5. The molecule has 0 aliphatic heterocycles. The maximum Gasteiger partial charge on any atom is 0.323 e. The molecule has 0 aliphatic carbocycles. The number of rotatable bonds is 4. The second kappa shape index (κ2) is 5.60. The minimum Gasteiger partial charge on any atom is -0.465 e. The van der Waals surface area contributed by atoms with Crippen molar-refractivity contribution in [1.29, 1.82) is 0 Å². The Bertz CT molecular complexity index is 554. The number of fused-ring (bicyclic) bond motifs is 1. The summed E-state index contributed by atoms with van der Waals surface area (Å²) in [5.74, 6) is -0.354. The van der Waals surface area contributed by atoms with Crippen LogP contribution in [-0.4, -0.2) is 23.6 Å². The third-order valence-electron chi connectivity index (χ3n) is 2.75. The smallest absolute Gasteiger partial charge is 0.323 e. The molecule has 0 bridgehead atoms. The molecule has 94 valence electrons. The van der Waals surface area contributed by atoms with Crippen molar-refractivity contribution in [2.24, 2.45) is 5.73 Å². The average molecular weight is 244 g/mol. The van der Waals surface area contributed by atoms with Crippen LogP contribution < -0.4 is 5.73 Å². The van der Waals surface area contributed by atoms with Gasteiger partial charge in [0.15, 0.2) is 0 Å². The molecule has 0 amide bonds. The Morgan fingerprint density at radius 3 is 3.00 bits per heavy atom. The fourth-order valence-electron chi connectivity index (χ4n) is 1.85. The summed E-state index contributed by atoms with van der Waals surface area (Å²) < 4.78 is 4.89. The van der Waals surface area contributed by atoms with Gasteiger partial charge in [-0.25, -0.2) is 0 Å². The number of nitrogens with zero attached hydrogens (tertiary/aromatic N) is 1. The molecule has 2 N–H and O–H groups in total. The van der Waals surface area contributed by atoms with Gasteiger partial charge in [0.2, 0.25) is 0 Å². The number of esters is 1. The Hall–Kier alpha value is -1.94. The number of aromatic nitrogens is 1. The maximum atomic E-state index is 11.5. The largest absolute Gasteiger partial charge is 0.465 e. The molecule has 0 saturated carbocycles. The number of hydrogen-bond donors (Lipinski definition) is 1. The molecule has 4 nitrogen and oxygen atoms in total. The SMILES string of the molecule is CCOC(=O)C(N)Cc1ccc2cnccc2c1. The normalized spacial score (nSPS) is 12.3. The summed E-state index contributed by atoms with van der Waals surface area (Å²) >= 11 is 0. The highest BCUT2D eigenvalue weighted by Crippen LogP contribution is 2.15. The molecule has 0 radical (unpaired) electrons. The zero-order valence-electron chi connectivity index (χ0n) is 10.3. The Labute approximate surface area is 106 Å². The second-order valence-corrected chi connectivity index (χ2v) is 4.12. The molecule has 4 heteroatoms. The molecule has 2 aromatic rings. The van der Waals surface area contributed by atoms with Crippen LogP contribution >= 0.6 is 0 Å². The summed E-state index contributed by atoms with van der Waals surface area (Å²) in [6.07, 6.45) is 4.04. The van der Waals surface area contributed by atoms with Crippen LogP contribution in [0.5, 0.6) is 0 Å². The summed E-state index contributed by atoms with van der Waals surface area (Å²) in [6.45, 7) is 2.13. The Balaban J connectivity index is 2.14. The Morgan fingerprint density at radius 1 is 1.39 bits per heavy atom. The highest BCUT2D eigenvalue weighted by atomic mass is 16.5. The van der Waals surface area contributed by atoms with Crippen molar-refractivity contribution in [2.75, 3.05) is 6.61 Å². The monoisotopic (exact) mass is 244 g/mol. The van der Waals surface area contributed by atoms with Crippen molar-refractivity contribution in [2.45, 2.75) is 19.4 Å². The van der Waals surface area contributed by atoms with Gasteiger partial charge in [-0.2, -0.15) is 0 Å². The quantitative estimate of drug-likeness (QED) is 0.831. The number of pyridine rings is 1. The van der Waals surface area contributed by atoms with Gasteiger partial charge < -0.3 is 10.5 Å². The van der Waals surface area contributed by atoms with E-state index in [-0.39, 0.29) is 5.97 Å². The summed E-state index contributed by atoms with van der Waals surface area (Å²) in [6, 6.07) is 7.30. The van der Waals surface area contributed by atoms with Gasteiger partial charge in [-0.05, 0) is 30.4 Å². The third kappa shape index (κ3) is 2.84. The molecule has 1 heterocycles. The van der Waals surface area contributed by atoms with Gasteiger partial charge in [0.25, 0.3) is 0 Å². The zero-order chi connectivity index (χ0) is 13.0. The average Bonchev–Trinajstić information content (AvgIpc) is 2.39. The highest BCUT2D eigenvalue weighted by molar-refractivity contribution is 5.82. The van der Waals surface area contributed by atoms with E-state index in [9.17, 15) is 4.79 Å². The van der Waals surface area contributed by atoms with E-state index in [0.717, 1.165) is 16.3 Å². The van der Waals surface area contributed by atoms with Crippen molar-refractivity contribution >= 4 is 16.7 Å². The summed E-state index contributed by atoms with van der Waals surface area (Å²) in [5, 5.41) is 2.17. The van der Waals surface area contributed by atoms with E-state index in [1.54, 1.807) is 13.1 Å². The standard InChI is InChI=1S/C14H16N2O2/c1-2-18-14(17)13(15)8-10-3-4-12-9-16-6-5-11(12)7-10/h3-7,9,13H,2,8,15H2,1H3. The lowest BCUT2D eigenvalue weighted by atomic mass is 10.0. The molecule has 1 aromatic carbocycles. The fraction of sp³-hybridized carbons (Fsp3) is 0.286. The molecule has 1 unspecified atom stereocenters. The van der Waals surface area contributed by atoms with E-state index in [4.69, 9.17) is 10.5 Å². The van der Waals surface area contributed by atoms with Gasteiger partial charge in [0, 0.05) is 17.8 Å². The van der Waals surface area contributed by atoms with Crippen molar-refractivity contribution < 1.29 is 9.53 Å². The van der Waals surface area contributed by atoms with E-state index < -0.39 is 6.04 Å². The number of benzene rings is 1. The molecular formula is C14H16N2O2. The number of hydrogen-bond acceptors (Lipinski definition) is 4. The first-order valence-corrected chi connectivity index (χ1v) is 5.95. The van der Waals surface area contributed by atoms with Crippen LogP contribution in [0.15, 0.2) is 36.7 Å². The first-order chi connectivity index (χ1) is 8.70. The summed E-state index contributed by atoms with van der Waals surface area (Å²) in [5.41, 5.74) is 6.81. The minimum atomic E-state index is -0.607. The van der Waals surface area contributed by atoms with Gasteiger partial charge in [0.05, 0.1) is 6.61 Å². The second-order valence-electron chi connectivity index (χ2n) is 4.12. The van der Waals surface area contributed by atoms with Crippen LogP contribution in [0.1, 0.15) is 12.5 Å². The molecule has 18 heavy (non-hydrogen) atoms. The molecule has 0 fully saturated rings. The van der Waals surface area contributed by atoms with Crippen LogP contribution in [0.25, 0.3) is 10.8 Å². The van der Waals surface area contributed by atoms with Crippen LogP contribution in [-0.2, 0) is 16.0 Å². The van der Waals surface area contributed by atoms with E-state index >= 15 is 0 Å². The summed E-state index contributed by atoms with van der Waals surface area (Å²) in [4.78, 5) is 15.5. The lowest BCUT2D eigenvalue weighted by molar-refractivity contribution is -0.144. The predicted octanol–water partition coefficient (Wildman–Crippen LogP) is 1.67. The highest BCUT2D eigenvalue weighted by Gasteiger charge is 2.14. The Kier molecular flexibility index (Phi) is 3.89. The van der Waals surface area contributed by atoms with Crippen molar-refractivity contribution in [1.82, 2.24) is 4.98 Å². The van der Waals surface area contributed by atoms with Crippen LogP contribution in [0, 0.1) is 0 Å². The first-order valence-electron chi connectivity index (χ1n) is 5.95. The van der Waals surface area contributed by atoms with E-state index in [2.05, 4.69) is 4.98 Å². The minimum absolute atomic E-state index is 0.354. The van der Waals surface area contributed by atoms with Crippen molar-refractivity contribution in [3.05, 3.63) is 42.2 Å². The van der Waals surface area contributed by atoms with E-state index in [1.165, 1.54) is 0 Å². The predicted molar refractivity (Wildman–Crippen MR) is 70.1 cm³/mol. The first kappa shape index (κ1) is 12.5. The Morgan fingerprint density at radius 2 is 2.22 bits per heavy atom. The molecule has 0 spiro atoms.